The molecule has 1 atom stereocenters. The van der Waals surface area contributed by atoms with Crippen molar-refractivity contribution in [3.8, 4) is 0 Å². The average molecular weight is 263 g/mol. The van der Waals surface area contributed by atoms with Gasteiger partial charge in [-0.1, -0.05) is 20.8 Å². The predicted octanol–water partition coefficient (Wildman–Crippen LogP) is 3.77. The lowest BCUT2D eigenvalue weighted by Crippen LogP contribution is -2.34. The van der Waals surface area contributed by atoms with E-state index < -0.39 is 0 Å². The van der Waals surface area contributed by atoms with Crippen LogP contribution in [0.1, 0.15) is 65.2 Å². The molecule has 0 spiro atoms. The predicted molar refractivity (Wildman–Crippen MR) is 80.1 cm³/mol. The molecule has 0 aromatic carbocycles. The van der Waals surface area contributed by atoms with E-state index in [-0.39, 0.29) is 0 Å². The zero-order valence-electron chi connectivity index (χ0n) is 12.9. The summed E-state index contributed by atoms with van der Waals surface area (Å²) in [6, 6.07) is 0.427. The quantitative estimate of drug-likeness (QED) is 0.876. The molecule has 0 saturated heterocycles. The number of aromatic nitrogens is 2. The van der Waals surface area contributed by atoms with Gasteiger partial charge in [0.05, 0.1) is 6.04 Å². The van der Waals surface area contributed by atoms with Gasteiger partial charge in [-0.3, -0.25) is 0 Å². The van der Waals surface area contributed by atoms with Crippen molar-refractivity contribution in [2.24, 2.45) is 11.3 Å². The topological polar surface area (TPSA) is 29.9 Å². The van der Waals surface area contributed by atoms with E-state index in [9.17, 15) is 0 Å². The molecule has 1 aromatic heterocycles. The van der Waals surface area contributed by atoms with Crippen molar-refractivity contribution in [3.63, 3.8) is 0 Å². The van der Waals surface area contributed by atoms with Gasteiger partial charge >= 0.3 is 0 Å². The van der Waals surface area contributed by atoms with Gasteiger partial charge in [-0.25, -0.2) is 4.98 Å². The fourth-order valence-corrected chi connectivity index (χ4v) is 3.31. The zero-order chi connectivity index (χ0) is 13.9. The highest BCUT2D eigenvalue weighted by Crippen LogP contribution is 2.42. The van der Waals surface area contributed by atoms with Gasteiger partial charge in [0.15, 0.2) is 0 Å². The van der Waals surface area contributed by atoms with Crippen LogP contribution in [0.25, 0.3) is 0 Å². The van der Waals surface area contributed by atoms with Gasteiger partial charge < -0.3 is 9.88 Å². The Kier molecular flexibility index (Phi) is 4.67. The molecule has 1 heterocycles. The SMILES string of the molecule is CCNC(c1nccn1CC)C1CCC(C)(C)CC1. The Bertz CT molecular complexity index is 384. The molecule has 3 heteroatoms. The number of aryl methyl sites for hydroxylation is 1. The molecule has 3 nitrogen and oxygen atoms in total. The second-order valence-electron chi connectivity index (χ2n) is 6.61. The van der Waals surface area contributed by atoms with Crippen LogP contribution in [0.4, 0.5) is 0 Å². The lowest BCUT2D eigenvalue weighted by atomic mass is 9.71. The van der Waals surface area contributed by atoms with E-state index in [4.69, 9.17) is 0 Å². The maximum absolute atomic E-state index is 4.62. The Morgan fingerprint density at radius 1 is 1.37 bits per heavy atom. The first-order chi connectivity index (χ1) is 9.07. The lowest BCUT2D eigenvalue weighted by molar-refractivity contribution is 0.157. The lowest BCUT2D eigenvalue weighted by Gasteiger charge is -2.38. The molecule has 1 saturated carbocycles. The van der Waals surface area contributed by atoms with Crippen molar-refractivity contribution in [3.05, 3.63) is 18.2 Å². The van der Waals surface area contributed by atoms with E-state index in [1.54, 1.807) is 0 Å². The van der Waals surface area contributed by atoms with Gasteiger partial charge in [-0.2, -0.15) is 0 Å². The first-order valence-electron chi connectivity index (χ1n) is 7.82. The summed E-state index contributed by atoms with van der Waals surface area (Å²) < 4.78 is 2.28. The Balaban J connectivity index is 2.12. The number of hydrogen-bond acceptors (Lipinski definition) is 2. The van der Waals surface area contributed by atoms with Crippen molar-refractivity contribution < 1.29 is 0 Å². The number of nitrogens with one attached hydrogen (secondary N) is 1. The molecule has 1 aliphatic rings. The third-order valence-corrected chi connectivity index (χ3v) is 4.65. The number of nitrogens with zero attached hydrogens (tertiary/aromatic N) is 2. The van der Waals surface area contributed by atoms with Crippen LogP contribution in [0.15, 0.2) is 12.4 Å². The van der Waals surface area contributed by atoms with Crippen LogP contribution in [-0.4, -0.2) is 16.1 Å². The van der Waals surface area contributed by atoms with Gasteiger partial charge in [0.25, 0.3) is 0 Å². The third kappa shape index (κ3) is 3.38. The van der Waals surface area contributed by atoms with Crippen LogP contribution in [-0.2, 0) is 6.54 Å². The molecule has 0 amide bonds. The molecule has 1 N–H and O–H groups in total. The molecule has 1 aromatic rings. The zero-order valence-corrected chi connectivity index (χ0v) is 12.9. The Morgan fingerprint density at radius 3 is 2.63 bits per heavy atom. The maximum atomic E-state index is 4.62. The fraction of sp³-hybridized carbons (Fsp3) is 0.812. The molecule has 0 aliphatic heterocycles. The number of hydrogen-bond donors (Lipinski definition) is 1. The molecule has 19 heavy (non-hydrogen) atoms. The van der Waals surface area contributed by atoms with Crippen LogP contribution in [0.3, 0.4) is 0 Å². The Labute approximate surface area is 117 Å². The monoisotopic (exact) mass is 263 g/mol. The van der Waals surface area contributed by atoms with Gasteiger partial charge in [-0.15, -0.1) is 0 Å². The van der Waals surface area contributed by atoms with Crippen molar-refractivity contribution in [2.45, 2.75) is 66.0 Å². The van der Waals surface area contributed by atoms with Crippen molar-refractivity contribution in [1.29, 1.82) is 0 Å². The molecule has 108 valence electrons. The van der Waals surface area contributed by atoms with Crippen LogP contribution < -0.4 is 5.32 Å². The summed E-state index contributed by atoms with van der Waals surface area (Å²) in [5.74, 6) is 1.97. The maximum Gasteiger partial charge on any atom is 0.126 e. The first-order valence-corrected chi connectivity index (χ1v) is 7.82. The van der Waals surface area contributed by atoms with Crippen LogP contribution in [0.2, 0.25) is 0 Å². The van der Waals surface area contributed by atoms with Gasteiger partial charge in [0, 0.05) is 18.9 Å². The summed E-state index contributed by atoms with van der Waals surface area (Å²) >= 11 is 0. The van der Waals surface area contributed by atoms with Gasteiger partial charge in [0.1, 0.15) is 5.82 Å². The molecule has 0 radical (unpaired) electrons. The standard InChI is InChI=1S/C16H29N3/c1-5-17-14(15-18-11-12-19(15)6-2)13-7-9-16(3,4)10-8-13/h11-14,17H,5-10H2,1-4H3. The van der Waals surface area contributed by atoms with Crippen molar-refractivity contribution in [1.82, 2.24) is 14.9 Å². The Hall–Kier alpha value is -0.830. The van der Waals surface area contributed by atoms with E-state index >= 15 is 0 Å². The molecule has 0 bridgehead atoms. The van der Waals surface area contributed by atoms with Crippen molar-refractivity contribution >= 4 is 0 Å². The van der Waals surface area contributed by atoms with E-state index in [0.29, 0.717) is 11.5 Å². The third-order valence-electron chi connectivity index (χ3n) is 4.65. The van der Waals surface area contributed by atoms with Crippen molar-refractivity contribution in [2.75, 3.05) is 6.54 Å². The van der Waals surface area contributed by atoms with Crippen LogP contribution in [0.5, 0.6) is 0 Å². The molecular weight excluding hydrogens is 234 g/mol. The first kappa shape index (κ1) is 14.6. The summed E-state index contributed by atoms with van der Waals surface area (Å²) in [4.78, 5) is 4.62. The number of rotatable bonds is 5. The minimum Gasteiger partial charge on any atom is -0.334 e. The highest BCUT2D eigenvalue weighted by molar-refractivity contribution is 5.03. The summed E-state index contributed by atoms with van der Waals surface area (Å²) in [6.45, 7) is 11.2. The molecule has 1 fully saturated rings. The molecule has 1 aliphatic carbocycles. The Morgan fingerprint density at radius 2 is 2.05 bits per heavy atom. The van der Waals surface area contributed by atoms with Crippen LogP contribution >= 0.6 is 0 Å². The highest BCUT2D eigenvalue weighted by atomic mass is 15.1. The minimum atomic E-state index is 0.427. The van der Waals surface area contributed by atoms with E-state index in [1.807, 2.05) is 6.20 Å². The second kappa shape index (κ2) is 6.08. The second-order valence-corrected chi connectivity index (χ2v) is 6.61. The van der Waals surface area contributed by atoms with E-state index in [0.717, 1.165) is 19.0 Å². The normalized spacial score (nSPS) is 21.5. The summed E-state index contributed by atoms with van der Waals surface area (Å²) in [5, 5.41) is 3.67. The smallest absolute Gasteiger partial charge is 0.126 e. The highest BCUT2D eigenvalue weighted by Gasteiger charge is 2.33. The fourth-order valence-electron chi connectivity index (χ4n) is 3.31. The summed E-state index contributed by atoms with van der Waals surface area (Å²) in [7, 11) is 0. The van der Waals surface area contributed by atoms with Gasteiger partial charge in [-0.05, 0) is 50.5 Å². The summed E-state index contributed by atoms with van der Waals surface area (Å²) in [5.41, 5.74) is 0.535. The van der Waals surface area contributed by atoms with Gasteiger partial charge in [0.2, 0.25) is 0 Å². The van der Waals surface area contributed by atoms with E-state index in [1.165, 1.54) is 31.5 Å². The van der Waals surface area contributed by atoms with E-state index in [2.05, 4.69) is 48.8 Å². The molecule has 2 rings (SSSR count). The number of imidazole rings is 1. The summed E-state index contributed by atoms with van der Waals surface area (Å²) in [6.07, 6.45) is 9.36. The average Bonchev–Trinajstić information content (AvgIpc) is 2.84. The largest absolute Gasteiger partial charge is 0.334 e. The molecular formula is C16H29N3. The van der Waals surface area contributed by atoms with Crippen LogP contribution in [0, 0.1) is 11.3 Å². The minimum absolute atomic E-state index is 0.427. The molecule has 1 unspecified atom stereocenters.